The van der Waals surface area contributed by atoms with Gasteiger partial charge in [-0.15, -0.1) is 0 Å². The van der Waals surface area contributed by atoms with Crippen LogP contribution in [0.2, 0.25) is 0 Å². The van der Waals surface area contributed by atoms with Gasteiger partial charge in [-0.3, -0.25) is 4.90 Å². The van der Waals surface area contributed by atoms with E-state index in [1.54, 1.807) is 4.90 Å². The molecule has 0 aromatic heterocycles. The first-order valence-electron chi connectivity index (χ1n) is 5.70. The maximum absolute atomic E-state index is 11.6. The molecule has 1 amide bonds. The quantitative estimate of drug-likeness (QED) is 0.699. The summed E-state index contributed by atoms with van der Waals surface area (Å²) in [5.41, 5.74) is 0. The van der Waals surface area contributed by atoms with Gasteiger partial charge >= 0.3 is 6.09 Å². The minimum absolute atomic E-state index is 0.0272. The van der Waals surface area contributed by atoms with Gasteiger partial charge in [0.15, 0.2) is 0 Å². The average molecular weight is 214 g/mol. The van der Waals surface area contributed by atoms with Crippen molar-refractivity contribution in [3.05, 3.63) is 0 Å². The van der Waals surface area contributed by atoms with Crippen LogP contribution in [0.3, 0.4) is 0 Å². The summed E-state index contributed by atoms with van der Waals surface area (Å²) in [6, 6.07) is 0.563. The second-order valence-corrected chi connectivity index (χ2v) is 4.55. The summed E-state index contributed by atoms with van der Waals surface area (Å²) in [6.45, 7) is 11.6. The molecular weight excluding hydrogens is 192 g/mol. The van der Waals surface area contributed by atoms with Crippen LogP contribution < -0.4 is 0 Å². The van der Waals surface area contributed by atoms with Gasteiger partial charge in [0, 0.05) is 32.2 Å². The smallest absolute Gasteiger partial charge is 0.410 e. The normalized spacial score (nSPS) is 18.7. The number of carbonyl (C=O) groups is 1. The molecule has 1 aliphatic rings. The number of nitrogens with zero attached hydrogens (tertiary/aromatic N) is 2. The molecule has 0 radical (unpaired) electrons. The number of rotatable bonds is 2. The van der Waals surface area contributed by atoms with Crippen LogP contribution in [0.25, 0.3) is 0 Å². The summed E-state index contributed by atoms with van der Waals surface area (Å²) >= 11 is 0. The van der Waals surface area contributed by atoms with Crippen LogP contribution in [-0.4, -0.2) is 54.2 Å². The van der Waals surface area contributed by atoms with Crippen molar-refractivity contribution in [2.75, 3.05) is 26.2 Å². The highest BCUT2D eigenvalue weighted by Crippen LogP contribution is 2.07. The fourth-order valence-electron chi connectivity index (χ4n) is 1.70. The minimum atomic E-state index is -0.173. The third-order valence-corrected chi connectivity index (χ3v) is 2.64. The van der Waals surface area contributed by atoms with Crippen molar-refractivity contribution in [3.8, 4) is 0 Å². The average Bonchev–Trinajstić information content (AvgIpc) is 2.17. The van der Waals surface area contributed by atoms with Crippen LogP contribution >= 0.6 is 0 Å². The Kier molecular flexibility index (Phi) is 4.39. The van der Waals surface area contributed by atoms with E-state index in [4.69, 9.17) is 4.74 Å². The molecule has 4 heteroatoms. The molecular formula is C11H22N2O2. The van der Waals surface area contributed by atoms with Crippen LogP contribution in [0.15, 0.2) is 0 Å². The van der Waals surface area contributed by atoms with E-state index in [1.807, 2.05) is 13.8 Å². The van der Waals surface area contributed by atoms with Gasteiger partial charge in [-0.25, -0.2) is 4.79 Å². The molecule has 88 valence electrons. The van der Waals surface area contributed by atoms with E-state index in [1.165, 1.54) is 0 Å². The SMILES string of the molecule is CC(C)OC(=O)N1CCN(C(C)C)CC1. The molecule has 0 N–H and O–H groups in total. The second-order valence-electron chi connectivity index (χ2n) is 4.55. The molecule has 0 unspecified atom stereocenters. The van der Waals surface area contributed by atoms with E-state index in [2.05, 4.69) is 18.7 Å². The van der Waals surface area contributed by atoms with Gasteiger partial charge in [0.1, 0.15) is 0 Å². The summed E-state index contributed by atoms with van der Waals surface area (Å²) in [5, 5.41) is 0. The molecule has 0 aromatic rings. The molecule has 0 atom stereocenters. The van der Waals surface area contributed by atoms with E-state index < -0.39 is 0 Å². The molecule has 15 heavy (non-hydrogen) atoms. The number of hydrogen-bond acceptors (Lipinski definition) is 3. The van der Waals surface area contributed by atoms with Crippen LogP contribution in [0.4, 0.5) is 4.79 Å². The van der Waals surface area contributed by atoms with Gasteiger partial charge in [-0.2, -0.15) is 0 Å². The lowest BCUT2D eigenvalue weighted by Gasteiger charge is -2.36. The van der Waals surface area contributed by atoms with Crippen LogP contribution in [0, 0.1) is 0 Å². The zero-order valence-corrected chi connectivity index (χ0v) is 10.2. The van der Waals surface area contributed by atoms with E-state index >= 15 is 0 Å². The van der Waals surface area contributed by atoms with Crippen molar-refractivity contribution in [1.29, 1.82) is 0 Å². The fraction of sp³-hybridized carbons (Fsp3) is 0.909. The van der Waals surface area contributed by atoms with Crippen LogP contribution in [0.1, 0.15) is 27.7 Å². The highest BCUT2D eigenvalue weighted by Gasteiger charge is 2.23. The van der Waals surface area contributed by atoms with Crippen molar-refractivity contribution in [1.82, 2.24) is 9.80 Å². The van der Waals surface area contributed by atoms with E-state index in [0.29, 0.717) is 6.04 Å². The lowest BCUT2D eigenvalue weighted by atomic mass is 10.2. The van der Waals surface area contributed by atoms with E-state index in [0.717, 1.165) is 26.2 Å². The van der Waals surface area contributed by atoms with Crippen molar-refractivity contribution in [3.63, 3.8) is 0 Å². The molecule has 1 heterocycles. The third-order valence-electron chi connectivity index (χ3n) is 2.64. The zero-order valence-electron chi connectivity index (χ0n) is 10.2. The van der Waals surface area contributed by atoms with Gasteiger partial charge in [-0.1, -0.05) is 0 Å². The molecule has 4 nitrogen and oxygen atoms in total. The Morgan fingerprint density at radius 3 is 2.00 bits per heavy atom. The van der Waals surface area contributed by atoms with Crippen LogP contribution in [-0.2, 0) is 4.74 Å². The number of carbonyl (C=O) groups excluding carboxylic acids is 1. The largest absolute Gasteiger partial charge is 0.447 e. The highest BCUT2D eigenvalue weighted by molar-refractivity contribution is 5.67. The second kappa shape index (κ2) is 5.35. The lowest BCUT2D eigenvalue weighted by Crippen LogP contribution is -2.51. The molecule has 0 bridgehead atoms. The molecule has 0 aromatic carbocycles. The van der Waals surface area contributed by atoms with Crippen molar-refractivity contribution in [2.24, 2.45) is 0 Å². The fourth-order valence-corrected chi connectivity index (χ4v) is 1.70. The third kappa shape index (κ3) is 3.70. The zero-order chi connectivity index (χ0) is 11.4. The van der Waals surface area contributed by atoms with Gasteiger partial charge in [0.05, 0.1) is 6.10 Å². The molecule has 0 saturated carbocycles. The maximum atomic E-state index is 11.6. The summed E-state index contributed by atoms with van der Waals surface area (Å²) in [5.74, 6) is 0. The molecule has 0 spiro atoms. The maximum Gasteiger partial charge on any atom is 0.410 e. The summed E-state index contributed by atoms with van der Waals surface area (Å²) in [7, 11) is 0. The lowest BCUT2D eigenvalue weighted by molar-refractivity contribution is 0.0514. The van der Waals surface area contributed by atoms with E-state index in [9.17, 15) is 4.79 Å². The van der Waals surface area contributed by atoms with Crippen LogP contribution in [0.5, 0.6) is 0 Å². The standard InChI is InChI=1S/C11H22N2O2/c1-9(2)12-5-7-13(8-6-12)11(14)15-10(3)4/h9-10H,5-8H2,1-4H3. The number of ether oxygens (including phenoxy) is 1. The van der Waals surface area contributed by atoms with Crippen molar-refractivity contribution >= 4 is 6.09 Å². The van der Waals surface area contributed by atoms with Crippen molar-refractivity contribution in [2.45, 2.75) is 39.8 Å². The molecule has 1 rings (SSSR count). The van der Waals surface area contributed by atoms with Crippen molar-refractivity contribution < 1.29 is 9.53 Å². The van der Waals surface area contributed by atoms with Gasteiger partial charge < -0.3 is 9.64 Å². The number of piperazine rings is 1. The Hall–Kier alpha value is -0.770. The Morgan fingerprint density at radius 1 is 1.07 bits per heavy atom. The Balaban J connectivity index is 2.34. The van der Waals surface area contributed by atoms with Gasteiger partial charge in [0.2, 0.25) is 0 Å². The molecule has 1 aliphatic heterocycles. The first kappa shape index (κ1) is 12.3. The topological polar surface area (TPSA) is 32.8 Å². The summed E-state index contributed by atoms with van der Waals surface area (Å²) in [4.78, 5) is 15.7. The Labute approximate surface area is 92.2 Å². The first-order valence-corrected chi connectivity index (χ1v) is 5.70. The summed E-state index contributed by atoms with van der Waals surface area (Å²) < 4.78 is 5.15. The Bertz CT molecular complexity index is 209. The summed E-state index contributed by atoms with van der Waals surface area (Å²) in [6.07, 6.45) is -0.200. The molecule has 0 aliphatic carbocycles. The predicted molar refractivity (Wildman–Crippen MR) is 59.9 cm³/mol. The van der Waals surface area contributed by atoms with Gasteiger partial charge in [-0.05, 0) is 27.7 Å². The predicted octanol–water partition coefficient (Wildman–Crippen LogP) is 1.56. The number of hydrogen-bond donors (Lipinski definition) is 0. The molecule has 1 fully saturated rings. The number of amides is 1. The van der Waals surface area contributed by atoms with E-state index in [-0.39, 0.29) is 12.2 Å². The minimum Gasteiger partial charge on any atom is -0.447 e. The molecule has 1 saturated heterocycles. The van der Waals surface area contributed by atoms with Gasteiger partial charge in [0.25, 0.3) is 0 Å². The highest BCUT2D eigenvalue weighted by atomic mass is 16.6. The first-order chi connectivity index (χ1) is 7.00. The monoisotopic (exact) mass is 214 g/mol. The Morgan fingerprint density at radius 2 is 1.60 bits per heavy atom.